The van der Waals surface area contributed by atoms with Crippen LogP contribution in [0.3, 0.4) is 0 Å². The zero-order valence-electron chi connectivity index (χ0n) is 13.0. The minimum absolute atomic E-state index is 0. The number of aliphatic hydroxyl groups is 1. The van der Waals surface area contributed by atoms with E-state index in [4.69, 9.17) is 9.84 Å². The first-order valence-electron chi connectivity index (χ1n) is 6.80. The van der Waals surface area contributed by atoms with E-state index >= 15 is 0 Å². The SMILES string of the molecule is C[C](=[Zr+2])OCCO.[Cl-].[Cl-].c1cc[cH-]c1.c1ccc2[cH-]ccc2c1. The third-order valence-corrected chi connectivity index (χ3v) is 2.87. The van der Waals surface area contributed by atoms with Gasteiger partial charge in [-0.05, 0) is 0 Å². The quantitative estimate of drug-likeness (QED) is 0.473. The maximum absolute atomic E-state index is 8.19. The molecule has 5 heteroatoms. The molecule has 0 aliphatic heterocycles. The number of hydrogen-bond acceptors (Lipinski definition) is 2. The topological polar surface area (TPSA) is 29.5 Å². The average Bonchev–Trinajstić information content (AvgIpc) is 3.19. The molecule has 0 saturated heterocycles. The molecule has 0 bridgehead atoms. The van der Waals surface area contributed by atoms with E-state index in [0.717, 1.165) is 3.39 Å². The van der Waals surface area contributed by atoms with Crippen molar-refractivity contribution in [3.05, 3.63) is 72.8 Å². The molecule has 124 valence electrons. The number of aliphatic hydroxyl groups excluding tert-OH is 1. The van der Waals surface area contributed by atoms with Gasteiger partial charge in [0.05, 0.1) is 0 Å². The first kappa shape index (κ1) is 24.7. The average molecular weight is 430 g/mol. The Morgan fingerprint density at radius 3 is 2.13 bits per heavy atom. The smallest absolute Gasteiger partial charge is 0.0809 e. The van der Waals surface area contributed by atoms with Gasteiger partial charge in [-0.1, -0.05) is 6.07 Å². The summed E-state index contributed by atoms with van der Waals surface area (Å²) >= 11 is 1.28. The summed E-state index contributed by atoms with van der Waals surface area (Å²) in [7, 11) is 0. The van der Waals surface area contributed by atoms with Crippen molar-refractivity contribution in [1.82, 2.24) is 0 Å². The summed E-state index contributed by atoms with van der Waals surface area (Å²) in [4.78, 5) is 0. The van der Waals surface area contributed by atoms with Gasteiger partial charge in [-0.15, -0.1) is 29.7 Å². The summed E-state index contributed by atoms with van der Waals surface area (Å²) in [6.07, 6.45) is 0. The Kier molecular flexibility index (Phi) is 17.5. The molecule has 0 radical (unpaired) electrons. The van der Waals surface area contributed by atoms with Crippen LogP contribution in [0, 0.1) is 0 Å². The molecule has 0 amide bonds. The van der Waals surface area contributed by atoms with Crippen LogP contribution in [0.15, 0.2) is 72.8 Å². The van der Waals surface area contributed by atoms with Crippen molar-refractivity contribution in [2.45, 2.75) is 6.92 Å². The predicted octanol–water partition coefficient (Wildman–Crippen LogP) is -2.34. The van der Waals surface area contributed by atoms with E-state index in [0.29, 0.717) is 6.61 Å². The molecule has 0 heterocycles. The number of halogens is 2. The Balaban J connectivity index is 0. The van der Waals surface area contributed by atoms with Crippen LogP contribution >= 0.6 is 0 Å². The molecule has 0 unspecified atom stereocenters. The molecular formula is C18H20Cl2O2Zr-2. The van der Waals surface area contributed by atoms with E-state index in [1.54, 1.807) is 0 Å². The van der Waals surface area contributed by atoms with Gasteiger partial charge in [-0.3, -0.25) is 0 Å². The van der Waals surface area contributed by atoms with Crippen molar-refractivity contribution in [2.75, 3.05) is 13.2 Å². The van der Waals surface area contributed by atoms with E-state index in [2.05, 4.69) is 42.5 Å². The van der Waals surface area contributed by atoms with Crippen molar-refractivity contribution in [1.29, 1.82) is 0 Å². The first-order chi connectivity index (χ1) is 10.2. The van der Waals surface area contributed by atoms with Gasteiger partial charge in [-0.2, -0.15) is 35.7 Å². The number of fused-ring (bicyclic) bond motifs is 1. The minimum atomic E-state index is 0. The molecule has 3 aromatic carbocycles. The van der Waals surface area contributed by atoms with Gasteiger partial charge in [0.2, 0.25) is 0 Å². The molecule has 0 aliphatic carbocycles. The summed E-state index contributed by atoms with van der Waals surface area (Å²) in [5.41, 5.74) is 0. The maximum atomic E-state index is 8.19. The molecule has 0 aromatic heterocycles. The number of hydrogen-bond donors (Lipinski definition) is 1. The fourth-order valence-electron chi connectivity index (χ4n) is 1.59. The molecule has 0 fully saturated rings. The Morgan fingerprint density at radius 1 is 1.04 bits per heavy atom. The van der Waals surface area contributed by atoms with Crippen LogP contribution < -0.4 is 24.8 Å². The van der Waals surface area contributed by atoms with E-state index in [1.807, 2.05) is 37.3 Å². The fraction of sp³-hybridized carbons (Fsp3) is 0.167. The normalized spacial score (nSPS) is 8.52. The van der Waals surface area contributed by atoms with Crippen LogP contribution in [0.5, 0.6) is 0 Å². The minimum Gasteiger partial charge on any atom is -1.00 e. The van der Waals surface area contributed by atoms with Crippen molar-refractivity contribution < 1.29 is 58.9 Å². The van der Waals surface area contributed by atoms with E-state index in [-0.39, 0.29) is 31.4 Å². The third-order valence-electron chi connectivity index (χ3n) is 2.51. The van der Waals surface area contributed by atoms with Gasteiger partial charge < -0.3 is 24.8 Å². The van der Waals surface area contributed by atoms with Gasteiger partial charge in [0.1, 0.15) is 0 Å². The van der Waals surface area contributed by atoms with Crippen molar-refractivity contribution in [3.63, 3.8) is 0 Å². The molecule has 0 aliphatic rings. The molecule has 3 aromatic rings. The molecule has 0 atom stereocenters. The summed E-state index contributed by atoms with van der Waals surface area (Å²) in [6, 6.07) is 24.7. The third kappa shape index (κ3) is 12.5. The van der Waals surface area contributed by atoms with Crippen LogP contribution in [0.4, 0.5) is 0 Å². The fourth-order valence-corrected chi connectivity index (χ4v) is 1.84. The van der Waals surface area contributed by atoms with Crippen molar-refractivity contribution in [3.8, 4) is 0 Å². The van der Waals surface area contributed by atoms with Crippen LogP contribution in [-0.4, -0.2) is 21.7 Å². The maximum Gasteiger partial charge on any atom is -0.0809 e. The Morgan fingerprint density at radius 2 is 1.70 bits per heavy atom. The van der Waals surface area contributed by atoms with Crippen LogP contribution in [0.1, 0.15) is 6.92 Å². The van der Waals surface area contributed by atoms with Crippen LogP contribution in [0.2, 0.25) is 0 Å². The van der Waals surface area contributed by atoms with Gasteiger partial charge >= 0.3 is 57.6 Å². The zero-order chi connectivity index (χ0) is 15.3. The molecule has 0 saturated carbocycles. The summed E-state index contributed by atoms with van der Waals surface area (Å²) in [6.45, 7) is 2.46. The van der Waals surface area contributed by atoms with Gasteiger partial charge in [0.15, 0.2) is 0 Å². The Hall–Kier alpha value is -0.567. The summed E-state index contributed by atoms with van der Waals surface area (Å²) in [5.74, 6) is 0. The van der Waals surface area contributed by atoms with Crippen molar-refractivity contribution in [2.24, 2.45) is 0 Å². The van der Waals surface area contributed by atoms with E-state index in [1.165, 1.54) is 35.0 Å². The van der Waals surface area contributed by atoms with Crippen LogP contribution in [0.25, 0.3) is 10.8 Å². The van der Waals surface area contributed by atoms with Crippen LogP contribution in [-0.2, 0) is 29.0 Å². The summed E-state index contributed by atoms with van der Waals surface area (Å²) in [5, 5.41) is 10.8. The van der Waals surface area contributed by atoms with Crippen molar-refractivity contribution >= 4 is 14.2 Å². The molecule has 3 rings (SSSR count). The first-order valence-corrected chi connectivity index (χ1v) is 8.03. The largest absolute Gasteiger partial charge is 1.00 e. The molecule has 2 nitrogen and oxygen atoms in total. The zero-order valence-corrected chi connectivity index (χ0v) is 16.9. The van der Waals surface area contributed by atoms with E-state index in [9.17, 15) is 0 Å². The predicted molar refractivity (Wildman–Crippen MR) is 85.3 cm³/mol. The van der Waals surface area contributed by atoms with Gasteiger partial charge in [-0.25, -0.2) is 12.1 Å². The second-order valence-electron chi connectivity index (χ2n) is 4.25. The second-order valence-corrected chi connectivity index (χ2v) is 5.98. The molecular weight excluding hydrogens is 410 g/mol. The van der Waals surface area contributed by atoms with E-state index < -0.39 is 0 Å². The van der Waals surface area contributed by atoms with Gasteiger partial charge in [0.25, 0.3) is 0 Å². The Labute approximate surface area is 165 Å². The second kappa shape index (κ2) is 16.3. The monoisotopic (exact) mass is 428 g/mol. The number of benzene rings is 1. The number of ether oxygens (including phenoxy) is 1. The molecule has 23 heavy (non-hydrogen) atoms. The molecule has 0 spiro atoms. The molecule has 1 N–H and O–H groups in total. The summed E-state index contributed by atoms with van der Waals surface area (Å²) < 4.78 is 5.88. The Bertz CT molecular complexity index is 559. The number of rotatable bonds is 3. The standard InChI is InChI=1S/C9H7.C5H5.C4H8O2.2ClH.Zr/c1-2-5-9-7-3-6-8(9)4-1;1-2-4-5-3-1;1-2-6-4-3-5;;;/h1-7H;1-5H;5H,3-4H2,1H3;2*1H;/q2*-1;;;;+2/p-2. The van der Waals surface area contributed by atoms with Gasteiger partial charge in [0, 0.05) is 0 Å².